The second-order valence-electron chi connectivity index (χ2n) is 2.66. The molecule has 0 radical (unpaired) electrons. The molecule has 1 heterocycles. The summed E-state index contributed by atoms with van der Waals surface area (Å²) in [5, 5.41) is 9.14. The Balaban J connectivity index is 2.74. The van der Waals surface area contributed by atoms with Crippen molar-refractivity contribution in [2.24, 2.45) is 5.92 Å². The van der Waals surface area contributed by atoms with Crippen LogP contribution in [0.2, 0.25) is 0 Å². The van der Waals surface area contributed by atoms with Crippen molar-refractivity contribution >= 4 is 11.9 Å². The van der Waals surface area contributed by atoms with E-state index < -0.39 is 30.3 Å². The Morgan fingerprint density at radius 1 is 1.77 bits per heavy atom. The maximum absolute atomic E-state index is 11.0. The van der Waals surface area contributed by atoms with Crippen LogP contribution in [0, 0.1) is 5.92 Å². The minimum atomic E-state index is -1.39. The number of hydrogen-bond donors (Lipinski definition) is 1. The summed E-state index contributed by atoms with van der Waals surface area (Å²) in [4.78, 5) is 21.5. The lowest BCUT2D eigenvalue weighted by Crippen LogP contribution is -2.30. The standard InChI is InChI=1S/C8H10O5/c1-3-5-6(12-4(2)9)8(11)13-7(5)10/h3,5-6,8,11H,1H2,2H3/t5-,6-,8?/m0/s1. The van der Waals surface area contributed by atoms with E-state index in [1.165, 1.54) is 13.0 Å². The quantitative estimate of drug-likeness (QED) is 0.469. The third-order valence-corrected chi connectivity index (χ3v) is 1.70. The van der Waals surface area contributed by atoms with Gasteiger partial charge >= 0.3 is 11.9 Å². The number of esters is 2. The highest BCUT2D eigenvalue weighted by Gasteiger charge is 2.44. The van der Waals surface area contributed by atoms with Gasteiger partial charge in [0.1, 0.15) is 5.92 Å². The summed E-state index contributed by atoms with van der Waals surface area (Å²) < 4.78 is 9.14. The Morgan fingerprint density at radius 2 is 2.38 bits per heavy atom. The Kier molecular flexibility index (Phi) is 2.67. The summed E-state index contributed by atoms with van der Waals surface area (Å²) in [6.45, 7) is 4.57. The molecule has 72 valence electrons. The van der Waals surface area contributed by atoms with Crippen molar-refractivity contribution in [1.29, 1.82) is 0 Å². The van der Waals surface area contributed by atoms with E-state index in [0.29, 0.717) is 0 Å². The summed E-state index contributed by atoms with van der Waals surface area (Å²) in [6, 6.07) is 0. The minimum Gasteiger partial charge on any atom is -0.455 e. The molecule has 1 aliphatic rings. The van der Waals surface area contributed by atoms with E-state index in [2.05, 4.69) is 11.3 Å². The fourth-order valence-electron chi connectivity index (χ4n) is 1.13. The fourth-order valence-corrected chi connectivity index (χ4v) is 1.13. The van der Waals surface area contributed by atoms with E-state index in [0.717, 1.165) is 0 Å². The Labute approximate surface area is 74.9 Å². The zero-order valence-electron chi connectivity index (χ0n) is 7.10. The molecule has 1 N–H and O–H groups in total. The van der Waals surface area contributed by atoms with E-state index >= 15 is 0 Å². The van der Waals surface area contributed by atoms with Crippen molar-refractivity contribution < 1.29 is 24.2 Å². The molecule has 5 heteroatoms. The van der Waals surface area contributed by atoms with Gasteiger partial charge in [0, 0.05) is 6.92 Å². The third-order valence-electron chi connectivity index (χ3n) is 1.70. The first-order valence-electron chi connectivity index (χ1n) is 3.74. The monoisotopic (exact) mass is 186 g/mol. The Morgan fingerprint density at radius 3 is 2.85 bits per heavy atom. The molecule has 1 saturated heterocycles. The SMILES string of the molecule is C=C[C@@H]1C(=O)OC(O)[C@H]1OC(C)=O. The van der Waals surface area contributed by atoms with E-state index in [1.54, 1.807) is 0 Å². The van der Waals surface area contributed by atoms with Crippen molar-refractivity contribution in [2.45, 2.75) is 19.3 Å². The second-order valence-corrected chi connectivity index (χ2v) is 2.66. The first-order valence-corrected chi connectivity index (χ1v) is 3.74. The largest absolute Gasteiger partial charge is 0.455 e. The van der Waals surface area contributed by atoms with Crippen LogP contribution in [0.15, 0.2) is 12.7 Å². The molecule has 0 bridgehead atoms. The van der Waals surface area contributed by atoms with Gasteiger partial charge in [0.25, 0.3) is 0 Å². The molecule has 1 unspecified atom stereocenters. The zero-order valence-corrected chi connectivity index (χ0v) is 7.10. The minimum absolute atomic E-state index is 0.575. The lowest BCUT2D eigenvalue weighted by atomic mass is 10.1. The van der Waals surface area contributed by atoms with Crippen LogP contribution < -0.4 is 0 Å². The van der Waals surface area contributed by atoms with Gasteiger partial charge in [-0.2, -0.15) is 0 Å². The van der Waals surface area contributed by atoms with Gasteiger partial charge in [0.2, 0.25) is 6.29 Å². The smallest absolute Gasteiger partial charge is 0.319 e. The molecule has 1 fully saturated rings. The Bertz CT molecular complexity index is 247. The lowest BCUT2D eigenvalue weighted by molar-refractivity contribution is -0.171. The van der Waals surface area contributed by atoms with Crippen LogP contribution in [0.3, 0.4) is 0 Å². The number of aliphatic hydroxyl groups is 1. The average Bonchev–Trinajstić information content (AvgIpc) is 2.26. The third kappa shape index (κ3) is 1.86. The van der Waals surface area contributed by atoms with Crippen LogP contribution in [0.1, 0.15) is 6.92 Å². The van der Waals surface area contributed by atoms with Crippen molar-refractivity contribution in [1.82, 2.24) is 0 Å². The van der Waals surface area contributed by atoms with Gasteiger partial charge in [-0.15, -0.1) is 6.58 Å². The molecular formula is C8H10O5. The maximum atomic E-state index is 11.0. The number of rotatable bonds is 2. The number of ether oxygens (including phenoxy) is 2. The lowest BCUT2D eigenvalue weighted by Gasteiger charge is -2.14. The molecular weight excluding hydrogens is 176 g/mol. The summed E-state index contributed by atoms with van der Waals surface area (Å²) in [5.74, 6) is -1.98. The average molecular weight is 186 g/mol. The molecule has 0 saturated carbocycles. The van der Waals surface area contributed by atoms with E-state index in [9.17, 15) is 9.59 Å². The first-order chi connectivity index (χ1) is 6.06. The van der Waals surface area contributed by atoms with Crippen LogP contribution in [0.4, 0.5) is 0 Å². The molecule has 0 aliphatic carbocycles. The summed E-state index contributed by atoms with van der Waals surface area (Å²) >= 11 is 0. The molecule has 0 amide bonds. The number of cyclic esters (lactones) is 1. The molecule has 1 rings (SSSR count). The summed E-state index contributed by atoms with van der Waals surface area (Å²) in [5.41, 5.74) is 0. The molecule has 0 spiro atoms. The van der Waals surface area contributed by atoms with E-state index in [1.807, 2.05) is 0 Å². The van der Waals surface area contributed by atoms with Crippen molar-refractivity contribution in [2.75, 3.05) is 0 Å². The predicted octanol–water partition coefficient (Wildman–Crippen LogP) is -0.405. The molecule has 0 aromatic heterocycles. The molecule has 0 aromatic carbocycles. The highest BCUT2D eigenvalue weighted by atomic mass is 16.7. The molecule has 1 aliphatic heterocycles. The van der Waals surface area contributed by atoms with Gasteiger partial charge in [-0.3, -0.25) is 9.59 Å². The van der Waals surface area contributed by atoms with Crippen molar-refractivity contribution in [3.8, 4) is 0 Å². The van der Waals surface area contributed by atoms with Crippen LogP contribution >= 0.6 is 0 Å². The predicted molar refractivity (Wildman–Crippen MR) is 41.3 cm³/mol. The van der Waals surface area contributed by atoms with Crippen LogP contribution in [-0.2, 0) is 19.1 Å². The Hall–Kier alpha value is -1.36. The zero-order chi connectivity index (χ0) is 10.0. The van der Waals surface area contributed by atoms with Gasteiger partial charge in [0.15, 0.2) is 6.10 Å². The van der Waals surface area contributed by atoms with Gasteiger partial charge in [0.05, 0.1) is 0 Å². The van der Waals surface area contributed by atoms with E-state index in [-0.39, 0.29) is 0 Å². The van der Waals surface area contributed by atoms with Gasteiger partial charge < -0.3 is 14.6 Å². The molecule has 0 aromatic rings. The number of aliphatic hydroxyl groups excluding tert-OH is 1. The normalized spacial score (nSPS) is 32.5. The second kappa shape index (κ2) is 3.57. The summed E-state index contributed by atoms with van der Waals surface area (Å²) in [6.07, 6.45) is -1.08. The topological polar surface area (TPSA) is 72.8 Å². The number of hydrogen-bond acceptors (Lipinski definition) is 5. The first kappa shape index (κ1) is 9.73. The van der Waals surface area contributed by atoms with Crippen molar-refractivity contribution in [3.05, 3.63) is 12.7 Å². The molecule has 13 heavy (non-hydrogen) atoms. The van der Waals surface area contributed by atoms with Crippen LogP contribution in [0.5, 0.6) is 0 Å². The van der Waals surface area contributed by atoms with Gasteiger partial charge in [-0.1, -0.05) is 6.08 Å². The van der Waals surface area contributed by atoms with E-state index in [4.69, 9.17) is 9.84 Å². The molecule has 3 atom stereocenters. The van der Waals surface area contributed by atoms with Crippen molar-refractivity contribution in [3.63, 3.8) is 0 Å². The summed E-state index contributed by atoms with van der Waals surface area (Å²) in [7, 11) is 0. The van der Waals surface area contributed by atoms with Gasteiger partial charge in [-0.05, 0) is 0 Å². The highest BCUT2D eigenvalue weighted by molar-refractivity contribution is 5.78. The maximum Gasteiger partial charge on any atom is 0.319 e. The molecule has 5 nitrogen and oxygen atoms in total. The highest BCUT2D eigenvalue weighted by Crippen LogP contribution is 2.24. The van der Waals surface area contributed by atoms with Gasteiger partial charge in [-0.25, -0.2) is 0 Å². The fraction of sp³-hybridized carbons (Fsp3) is 0.500. The number of carbonyl (C=O) groups excluding carboxylic acids is 2. The van der Waals surface area contributed by atoms with Crippen LogP contribution in [-0.4, -0.2) is 29.4 Å². The van der Waals surface area contributed by atoms with Crippen LogP contribution in [0.25, 0.3) is 0 Å². The number of carbonyl (C=O) groups is 2.